The molecule has 3 aromatic rings. The van der Waals surface area contributed by atoms with Crippen molar-refractivity contribution in [2.75, 3.05) is 44.2 Å². The van der Waals surface area contributed by atoms with Gasteiger partial charge in [0.15, 0.2) is 5.65 Å². The van der Waals surface area contributed by atoms with Crippen LogP contribution in [-0.4, -0.2) is 69.8 Å². The van der Waals surface area contributed by atoms with Gasteiger partial charge in [-0.2, -0.15) is 5.10 Å². The maximum atomic E-state index is 12.3. The Kier molecular flexibility index (Phi) is 5.71. The zero-order valence-electron chi connectivity index (χ0n) is 17.0. The van der Waals surface area contributed by atoms with Gasteiger partial charge in [-0.3, -0.25) is 14.4 Å². The molecule has 1 fully saturated rings. The van der Waals surface area contributed by atoms with Gasteiger partial charge >= 0.3 is 0 Å². The normalized spacial score (nSPS) is 15.0. The highest BCUT2D eigenvalue weighted by Gasteiger charge is 2.22. The SMILES string of the molecule is Cc1ccccc1CCNC(=O)CN1CCN(c2ncnc3c2cnn3C)CC1. The van der Waals surface area contributed by atoms with Crippen molar-refractivity contribution in [3.63, 3.8) is 0 Å². The smallest absolute Gasteiger partial charge is 0.234 e. The van der Waals surface area contributed by atoms with Crippen molar-refractivity contribution >= 4 is 22.8 Å². The predicted octanol–water partition coefficient (Wildman–Crippen LogP) is 1.15. The van der Waals surface area contributed by atoms with Gasteiger partial charge in [-0.1, -0.05) is 24.3 Å². The summed E-state index contributed by atoms with van der Waals surface area (Å²) in [5.74, 6) is 1.01. The Morgan fingerprint density at radius 1 is 1.14 bits per heavy atom. The summed E-state index contributed by atoms with van der Waals surface area (Å²) in [6.45, 7) is 6.54. The number of anilines is 1. The molecular weight excluding hydrogens is 366 g/mol. The fourth-order valence-electron chi connectivity index (χ4n) is 3.81. The molecule has 1 amide bonds. The van der Waals surface area contributed by atoms with Gasteiger partial charge in [0, 0.05) is 39.8 Å². The van der Waals surface area contributed by atoms with E-state index in [1.54, 1.807) is 11.0 Å². The lowest BCUT2D eigenvalue weighted by atomic mass is 10.1. The first-order valence-corrected chi connectivity index (χ1v) is 10.0. The zero-order chi connectivity index (χ0) is 20.2. The van der Waals surface area contributed by atoms with E-state index in [2.05, 4.69) is 49.2 Å². The van der Waals surface area contributed by atoms with E-state index < -0.39 is 0 Å². The summed E-state index contributed by atoms with van der Waals surface area (Å²) in [4.78, 5) is 25.5. The largest absolute Gasteiger partial charge is 0.355 e. The van der Waals surface area contributed by atoms with Crippen LogP contribution in [0.5, 0.6) is 0 Å². The number of hydrogen-bond acceptors (Lipinski definition) is 6. The molecule has 29 heavy (non-hydrogen) atoms. The van der Waals surface area contributed by atoms with E-state index in [9.17, 15) is 4.79 Å². The van der Waals surface area contributed by atoms with Crippen molar-refractivity contribution in [3.8, 4) is 0 Å². The minimum atomic E-state index is 0.0868. The highest BCUT2D eigenvalue weighted by atomic mass is 16.2. The minimum absolute atomic E-state index is 0.0868. The van der Waals surface area contributed by atoms with Crippen molar-refractivity contribution in [3.05, 3.63) is 47.9 Å². The number of carbonyl (C=O) groups excluding carboxylic acids is 1. The van der Waals surface area contributed by atoms with E-state index in [1.807, 2.05) is 25.4 Å². The van der Waals surface area contributed by atoms with Crippen LogP contribution in [0, 0.1) is 6.92 Å². The number of hydrogen-bond donors (Lipinski definition) is 1. The quantitative estimate of drug-likeness (QED) is 0.677. The number of piperazine rings is 1. The number of rotatable bonds is 6. The number of carbonyl (C=O) groups is 1. The summed E-state index contributed by atoms with van der Waals surface area (Å²) in [6.07, 6.45) is 4.27. The van der Waals surface area contributed by atoms with E-state index in [0.29, 0.717) is 13.1 Å². The molecule has 0 saturated carbocycles. The molecule has 0 atom stereocenters. The molecule has 0 aliphatic carbocycles. The average molecular weight is 393 g/mol. The van der Waals surface area contributed by atoms with Crippen LogP contribution in [0.15, 0.2) is 36.8 Å². The fourth-order valence-corrected chi connectivity index (χ4v) is 3.81. The second kappa shape index (κ2) is 8.57. The van der Waals surface area contributed by atoms with Crippen molar-refractivity contribution in [1.29, 1.82) is 0 Å². The molecule has 3 heterocycles. The molecule has 2 aromatic heterocycles. The zero-order valence-corrected chi connectivity index (χ0v) is 17.0. The Balaban J connectivity index is 1.25. The third-order valence-corrected chi connectivity index (χ3v) is 5.53. The van der Waals surface area contributed by atoms with Crippen LogP contribution in [0.3, 0.4) is 0 Å². The molecule has 1 aromatic carbocycles. The highest BCUT2D eigenvalue weighted by molar-refractivity contribution is 5.86. The molecule has 1 aliphatic heterocycles. The number of aryl methyl sites for hydroxylation is 2. The van der Waals surface area contributed by atoms with Crippen LogP contribution in [0.1, 0.15) is 11.1 Å². The van der Waals surface area contributed by atoms with Gasteiger partial charge in [-0.05, 0) is 24.5 Å². The Morgan fingerprint density at radius 2 is 1.93 bits per heavy atom. The molecule has 0 bridgehead atoms. The van der Waals surface area contributed by atoms with E-state index in [-0.39, 0.29) is 5.91 Å². The standard InChI is InChI=1S/C21H27N7O/c1-16-5-3-4-6-17(16)7-8-22-19(29)14-27-9-11-28(12-10-27)21-18-13-25-26(2)20(18)23-15-24-21/h3-6,13,15H,7-12,14H2,1-2H3,(H,22,29). The molecule has 0 spiro atoms. The topological polar surface area (TPSA) is 79.2 Å². The summed E-state index contributed by atoms with van der Waals surface area (Å²) < 4.78 is 1.76. The summed E-state index contributed by atoms with van der Waals surface area (Å²) in [7, 11) is 1.88. The summed E-state index contributed by atoms with van der Waals surface area (Å²) in [6, 6.07) is 8.30. The number of aromatic nitrogens is 4. The first-order chi connectivity index (χ1) is 14.1. The first-order valence-electron chi connectivity index (χ1n) is 10.0. The van der Waals surface area contributed by atoms with Crippen molar-refractivity contribution in [2.24, 2.45) is 7.05 Å². The second-order valence-corrected chi connectivity index (χ2v) is 7.49. The molecular formula is C21H27N7O. The van der Waals surface area contributed by atoms with E-state index in [4.69, 9.17) is 0 Å². The fraction of sp³-hybridized carbons (Fsp3) is 0.429. The Labute approximate surface area is 170 Å². The Hall–Kier alpha value is -3.00. The van der Waals surface area contributed by atoms with Gasteiger partial charge in [-0.15, -0.1) is 0 Å². The summed E-state index contributed by atoms with van der Waals surface area (Å²) in [5.41, 5.74) is 3.39. The van der Waals surface area contributed by atoms with Crippen LogP contribution in [-0.2, 0) is 18.3 Å². The van der Waals surface area contributed by atoms with Gasteiger partial charge in [0.2, 0.25) is 5.91 Å². The molecule has 1 N–H and O–H groups in total. The number of amides is 1. The first kappa shape index (κ1) is 19.3. The summed E-state index contributed by atoms with van der Waals surface area (Å²) >= 11 is 0. The number of fused-ring (bicyclic) bond motifs is 1. The van der Waals surface area contributed by atoms with Gasteiger partial charge < -0.3 is 10.2 Å². The molecule has 4 rings (SSSR count). The van der Waals surface area contributed by atoms with Gasteiger partial charge in [0.25, 0.3) is 0 Å². The lowest BCUT2D eigenvalue weighted by molar-refractivity contribution is -0.122. The molecule has 0 unspecified atom stereocenters. The summed E-state index contributed by atoms with van der Waals surface area (Å²) in [5, 5.41) is 8.30. The number of nitrogens with one attached hydrogen (secondary N) is 1. The van der Waals surface area contributed by atoms with Crippen LogP contribution in [0.4, 0.5) is 5.82 Å². The van der Waals surface area contributed by atoms with Crippen molar-refractivity contribution in [1.82, 2.24) is 30.0 Å². The van der Waals surface area contributed by atoms with Crippen molar-refractivity contribution in [2.45, 2.75) is 13.3 Å². The van der Waals surface area contributed by atoms with E-state index in [1.165, 1.54) is 11.1 Å². The Bertz CT molecular complexity index is 992. The van der Waals surface area contributed by atoms with Crippen LogP contribution in [0.2, 0.25) is 0 Å². The maximum Gasteiger partial charge on any atom is 0.234 e. The van der Waals surface area contributed by atoms with Crippen LogP contribution < -0.4 is 10.2 Å². The number of benzene rings is 1. The average Bonchev–Trinajstić information content (AvgIpc) is 3.11. The third-order valence-electron chi connectivity index (χ3n) is 5.53. The highest BCUT2D eigenvalue weighted by Crippen LogP contribution is 2.23. The monoisotopic (exact) mass is 393 g/mol. The number of nitrogens with zero attached hydrogens (tertiary/aromatic N) is 6. The predicted molar refractivity (Wildman–Crippen MR) is 113 cm³/mol. The van der Waals surface area contributed by atoms with Crippen LogP contribution >= 0.6 is 0 Å². The van der Waals surface area contributed by atoms with Gasteiger partial charge in [0.05, 0.1) is 18.1 Å². The molecule has 0 radical (unpaired) electrons. The maximum absolute atomic E-state index is 12.3. The lowest BCUT2D eigenvalue weighted by Crippen LogP contribution is -2.50. The van der Waals surface area contributed by atoms with E-state index in [0.717, 1.165) is 49.5 Å². The van der Waals surface area contributed by atoms with Gasteiger partial charge in [-0.25, -0.2) is 9.97 Å². The lowest BCUT2D eigenvalue weighted by Gasteiger charge is -2.35. The molecule has 8 nitrogen and oxygen atoms in total. The van der Waals surface area contributed by atoms with E-state index >= 15 is 0 Å². The molecule has 1 aliphatic rings. The minimum Gasteiger partial charge on any atom is -0.355 e. The second-order valence-electron chi connectivity index (χ2n) is 7.49. The molecule has 8 heteroatoms. The van der Waals surface area contributed by atoms with Gasteiger partial charge in [0.1, 0.15) is 12.1 Å². The Morgan fingerprint density at radius 3 is 2.72 bits per heavy atom. The molecule has 152 valence electrons. The molecule has 1 saturated heterocycles. The van der Waals surface area contributed by atoms with Crippen molar-refractivity contribution < 1.29 is 4.79 Å². The third kappa shape index (κ3) is 4.37. The van der Waals surface area contributed by atoms with Crippen LogP contribution in [0.25, 0.3) is 11.0 Å².